The van der Waals surface area contributed by atoms with Gasteiger partial charge in [0.15, 0.2) is 0 Å². The van der Waals surface area contributed by atoms with Crippen molar-refractivity contribution in [1.29, 1.82) is 0 Å². The topological polar surface area (TPSA) is 0 Å². The van der Waals surface area contributed by atoms with Crippen molar-refractivity contribution in [2.24, 2.45) is 0 Å². The first-order chi connectivity index (χ1) is 6.76. The zero-order valence-electron chi connectivity index (χ0n) is 6.79. The van der Waals surface area contributed by atoms with Crippen LogP contribution in [0.25, 0.3) is 0 Å². The van der Waals surface area contributed by atoms with Gasteiger partial charge in [0.1, 0.15) is 5.38 Å². The van der Waals surface area contributed by atoms with Crippen LogP contribution in [0.3, 0.4) is 0 Å². The molecule has 15 heavy (non-hydrogen) atoms. The molecule has 0 aliphatic carbocycles. The van der Waals surface area contributed by atoms with E-state index in [1.807, 2.05) is 0 Å². The third-order valence-corrected chi connectivity index (χ3v) is 5.52. The van der Waals surface area contributed by atoms with Crippen LogP contribution in [-0.2, 0) is 0 Å². The maximum absolute atomic E-state index is 12.9. The molecule has 0 amide bonds. The number of rotatable bonds is 3. The number of hydrogen-bond donors (Lipinski definition) is 0. The van der Waals surface area contributed by atoms with Crippen molar-refractivity contribution in [3.63, 3.8) is 0 Å². The number of hydrogen-bond acceptors (Lipinski definition) is 1. The van der Waals surface area contributed by atoms with Crippen LogP contribution in [0.15, 0.2) is 14.3 Å². The molecule has 1 unspecified atom stereocenters. The van der Waals surface area contributed by atoms with Crippen LogP contribution in [-0.4, -0.2) is 12.3 Å². The highest BCUT2D eigenvalue weighted by molar-refractivity contribution is 9.13. The lowest BCUT2D eigenvalue weighted by atomic mass is 10.2. The summed E-state index contributed by atoms with van der Waals surface area (Å²) in [6.45, 7) is 0. The molecule has 0 radical (unpaired) electrons. The molecule has 0 nitrogen and oxygen atoms in total. The molecule has 0 aromatic carbocycles. The van der Waals surface area contributed by atoms with Gasteiger partial charge >= 0.3 is 12.3 Å². The lowest BCUT2D eigenvalue weighted by Gasteiger charge is -2.19. The monoisotopic (exact) mass is 388 g/mol. The average molecular weight is 390 g/mol. The standard InChI is InChI=1S/C7H3Br2ClF4S/c8-2-1-3(15-5(2)9)4(10)7(13,14)6(11)12/h1,4,6H. The first-order valence-electron chi connectivity index (χ1n) is 3.51. The van der Waals surface area contributed by atoms with Crippen molar-refractivity contribution in [3.8, 4) is 0 Å². The Labute approximate surface area is 109 Å². The van der Waals surface area contributed by atoms with Crippen LogP contribution in [0, 0.1) is 0 Å². The second-order valence-electron chi connectivity index (χ2n) is 2.61. The van der Waals surface area contributed by atoms with Crippen LogP contribution < -0.4 is 0 Å². The van der Waals surface area contributed by atoms with Gasteiger partial charge in [-0.1, -0.05) is 0 Å². The van der Waals surface area contributed by atoms with Gasteiger partial charge in [0.05, 0.1) is 3.79 Å². The average Bonchev–Trinajstić information content (AvgIpc) is 2.45. The fourth-order valence-corrected chi connectivity index (χ4v) is 3.20. The Balaban J connectivity index is 2.99. The van der Waals surface area contributed by atoms with Gasteiger partial charge in [-0.15, -0.1) is 22.9 Å². The van der Waals surface area contributed by atoms with E-state index in [2.05, 4.69) is 31.9 Å². The lowest BCUT2D eigenvalue weighted by Crippen LogP contribution is -2.31. The predicted molar refractivity (Wildman–Crippen MR) is 59.3 cm³/mol. The smallest absolute Gasteiger partial charge is 0.204 e. The molecule has 86 valence electrons. The van der Waals surface area contributed by atoms with Crippen molar-refractivity contribution < 1.29 is 17.6 Å². The van der Waals surface area contributed by atoms with Gasteiger partial charge in [-0.25, -0.2) is 8.78 Å². The second kappa shape index (κ2) is 4.89. The van der Waals surface area contributed by atoms with Gasteiger partial charge < -0.3 is 0 Å². The summed E-state index contributed by atoms with van der Waals surface area (Å²) in [6.07, 6.45) is -3.78. The third-order valence-electron chi connectivity index (χ3n) is 1.54. The van der Waals surface area contributed by atoms with Crippen LogP contribution in [0.5, 0.6) is 0 Å². The molecule has 1 heterocycles. The Morgan fingerprint density at radius 3 is 2.20 bits per heavy atom. The molecule has 0 fully saturated rings. The molecule has 0 aliphatic heterocycles. The minimum atomic E-state index is -4.23. The molecule has 1 atom stereocenters. The van der Waals surface area contributed by atoms with Crippen LogP contribution in [0.1, 0.15) is 10.3 Å². The Bertz CT molecular complexity index is 335. The SMILES string of the molecule is FC(F)C(F)(F)C(Cl)c1cc(Br)c(Br)s1. The summed E-state index contributed by atoms with van der Waals surface area (Å²) in [5.41, 5.74) is 0. The summed E-state index contributed by atoms with van der Waals surface area (Å²) in [4.78, 5) is -0.0132. The molecule has 1 aromatic heterocycles. The Morgan fingerprint density at radius 1 is 1.33 bits per heavy atom. The summed E-state index contributed by atoms with van der Waals surface area (Å²) in [5, 5.41) is -2.02. The summed E-state index contributed by atoms with van der Waals surface area (Å²) in [5.74, 6) is -4.23. The Hall–Kier alpha value is 0.670. The molecule has 0 bridgehead atoms. The second-order valence-corrected chi connectivity index (χ2v) is 6.30. The Morgan fingerprint density at radius 2 is 1.87 bits per heavy atom. The molecule has 1 aromatic rings. The first-order valence-corrected chi connectivity index (χ1v) is 6.35. The van der Waals surface area contributed by atoms with E-state index in [0.717, 1.165) is 11.3 Å². The summed E-state index contributed by atoms with van der Waals surface area (Å²) in [7, 11) is 0. The maximum Gasteiger partial charge on any atom is 0.328 e. The first kappa shape index (κ1) is 13.7. The number of alkyl halides is 5. The third kappa shape index (κ3) is 2.87. The van der Waals surface area contributed by atoms with Gasteiger partial charge in [-0.3, -0.25) is 0 Å². The minimum absolute atomic E-state index is 0.0132. The molecule has 1 rings (SSSR count). The molecular formula is C7H3Br2ClF4S. The van der Waals surface area contributed by atoms with Gasteiger partial charge in [-0.05, 0) is 37.9 Å². The van der Waals surface area contributed by atoms with E-state index >= 15 is 0 Å². The van der Waals surface area contributed by atoms with Crippen molar-refractivity contribution in [2.75, 3.05) is 0 Å². The van der Waals surface area contributed by atoms with E-state index in [1.54, 1.807) is 0 Å². The largest absolute Gasteiger partial charge is 0.328 e. The summed E-state index contributed by atoms with van der Waals surface area (Å²) in [6, 6.07) is 1.29. The van der Waals surface area contributed by atoms with Crippen molar-refractivity contribution in [2.45, 2.75) is 17.7 Å². The molecule has 0 spiro atoms. The minimum Gasteiger partial charge on any atom is -0.204 e. The van der Waals surface area contributed by atoms with Gasteiger partial charge in [0, 0.05) is 9.35 Å². The van der Waals surface area contributed by atoms with E-state index in [-0.39, 0.29) is 4.88 Å². The molecule has 0 aliphatic rings. The summed E-state index contributed by atoms with van der Waals surface area (Å²) < 4.78 is 50.8. The summed E-state index contributed by atoms with van der Waals surface area (Å²) >= 11 is 12.3. The van der Waals surface area contributed by atoms with Gasteiger partial charge in [0.2, 0.25) is 0 Å². The lowest BCUT2D eigenvalue weighted by molar-refractivity contribution is -0.130. The fraction of sp³-hybridized carbons (Fsp3) is 0.429. The molecule has 8 heteroatoms. The molecule has 0 saturated carbocycles. The molecular weight excluding hydrogens is 387 g/mol. The zero-order valence-corrected chi connectivity index (χ0v) is 11.5. The van der Waals surface area contributed by atoms with E-state index in [1.165, 1.54) is 6.07 Å². The van der Waals surface area contributed by atoms with E-state index < -0.39 is 17.7 Å². The number of halogens is 7. The van der Waals surface area contributed by atoms with E-state index in [9.17, 15) is 17.6 Å². The quantitative estimate of drug-likeness (QED) is 0.475. The Kier molecular flexibility index (Phi) is 4.48. The van der Waals surface area contributed by atoms with Crippen molar-refractivity contribution >= 4 is 54.8 Å². The van der Waals surface area contributed by atoms with Crippen LogP contribution >= 0.6 is 54.8 Å². The number of thiophene rings is 1. The van der Waals surface area contributed by atoms with Crippen LogP contribution in [0.4, 0.5) is 17.6 Å². The highest BCUT2D eigenvalue weighted by Crippen LogP contribution is 2.46. The van der Waals surface area contributed by atoms with Crippen LogP contribution in [0.2, 0.25) is 0 Å². The van der Waals surface area contributed by atoms with Gasteiger partial charge in [0.25, 0.3) is 0 Å². The molecule has 0 saturated heterocycles. The molecule has 0 N–H and O–H groups in total. The highest BCUT2D eigenvalue weighted by Gasteiger charge is 2.49. The normalized spacial score (nSPS) is 14.7. The predicted octanol–water partition coefficient (Wildman–Crippen LogP) is 5.45. The fourth-order valence-electron chi connectivity index (χ4n) is 0.789. The van der Waals surface area contributed by atoms with Crippen molar-refractivity contribution in [1.82, 2.24) is 0 Å². The van der Waals surface area contributed by atoms with E-state index in [0.29, 0.717) is 8.26 Å². The van der Waals surface area contributed by atoms with Crippen molar-refractivity contribution in [3.05, 3.63) is 19.2 Å². The highest BCUT2D eigenvalue weighted by atomic mass is 79.9. The maximum atomic E-state index is 12.9. The zero-order chi connectivity index (χ0) is 11.8. The van der Waals surface area contributed by atoms with E-state index in [4.69, 9.17) is 11.6 Å². The van der Waals surface area contributed by atoms with Gasteiger partial charge in [-0.2, -0.15) is 8.78 Å².